The zero-order valence-corrected chi connectivity index (χ0v) is 12.1. The average Bonchev–Trinajstić information content (AvgIpc) is 2.73. The molecule has 2 aromatic rings. The Kier molecular flexibility index (Phi) is 3.42. The predicted molar refractivity (Wildman–Crippen MR) is 81.5 cm³/mol. The third-order valence-electron chi connectivity index (χ3n) is 3.98. The molecular weight excluding hydrogens is 265 g/mol. The number of benzene rings is 2. The largest absolute Gasteiger partial charge is 0.292 e. The summed E-state index contributed by atoms with van der Waals surface area (Å²) in [5.41, 5.74) is 4.20. The summed E-state index contributed by atoms with van der Waals surface area (Å²) < 4.78 is 13.4. The molecule has 0 saturated carbocycles. The highest BCUT2D eigenvalue weighted by atomic mass is 19.1. The van der Waals surface area contributed by atoms with E-state index in [0.29, 0.717) is 17.7 Å². The Morgan fingerprint density at radius 2 is 1.86 bits per heavy atom. The van der Waals surface area contributed by atoms with Crippen LogP contribution in [0.5, 0.6) is 0 Å². The quantitative estimate of drug-likeness (QED) is 0.829. The highest BCUT2D eigenvalue weighted by Crippen LogP contribution is 2.34. The van der Waals surface area contributed by atoms with Crippen molar-refractivity contribution in [2.75, 3.05) is 7.05 Å². The minimum atomic E-state index is -0.335. The zero-order valence-electron chi connectivity index (χ0n) is 12.1. The lowest BCUT2D eigenvalue weighted by Gasteiger charge is -2.10. The molecule has 1 atom stereocenters. The second-order valence-electron chi connectivity index (χ2n) is 5.41. The summed E-state index contributed by atoms with van der Waals surface area (Å²) in [6.45, 7) is 2.03. The second-order valence-corrected chi connectivity index (χ2v) is 5.41. The zero-order chi connectivity index (χ0) is 15.0. The van der Waals surface area contributed by atoms with Crippen LogP contribution in [-0.2, 0) is 11.2 Å². The molecule has 3 rings (SSSR count). The van der Waals surface area contributed by atoms with E-state index in [2.05, 4.69) is 4.99 Å². The van der Waals surface area contributed by atoms with Crippen LogP contribution in [0.15, 0.2) is 47.5 Å². The van der Waals surface area contributed by atoms with E-state index in [-0.39, 0.29) is 17.5 Å². The summed E-state index contributed by atoms with van der Waals surface area (Å²) in [4.78, 5) is 16.6. The molecule has 0 saturated heterocycles. The van der Waals surface area contributed by atoms with Crippen molar-refractivity contribution in [1.82, 2.24) is 0 Å². The van der Waals surface area contributed by atoms with E-state index in [9.17, 15) is 9.18 Å². The molecule has 106 valence electrons. The van der Waals surface area contributed by atoms with Gasteiger partial charge in [-0.3, -0.25) is 9.79 Å². The molecule has 1 unspecified atom stereocenters. The van der Waals surface area contributed by atoms with Gasteiger partial charge in [0.25, 0.3) is 0 Å². The minimum Gasteiger partial charge on any atom is -0.292 e. The van der Waals surface area contributed by atoms with Crippen LogP contribution in [0.3, 0.4) is 0 Å². The van der Waals surface area contributed by atoms with Crippen molar-refractivity contribution in [2.45, 2.75) is 19.3 Å². The number of fused-ring (bicyclic) bond motifs is 1. The van der Waals surface area contributed by atoms with Gasteiger partial charge in [-0.2, -0.15) is 0 Å². The number of ketones is 1. The number of carbonyl (C=O) groups excluding carboxylic acids is 1. The Bertz CT molecular complexity index is 731. The van der Waals surface area contributed by atoms with E-state index >= 15 is 0 Å². The lowest BCUT2D eigenvalue weighted by Crippen LogP contribution is -2.15. The van der Waals surface area contributed by atoms with Crippen LogP contribution in [0, 0.1) is 12.7 Å². The molecule has 0 amide bonds. The summed E-state index contributed by atoms with van der Waals surface area (Å²) in [7, 11) is 1.58. The lowest BCUT2D eigenvalue weighted by atomic mass is 9.92. The van der Waals surface area contributed by atoms with Gasteiger partial charge < -0.3 is 0 Å². The molecule has 0 N–H and O–H groups in total. The van der Waals surface area contributed by atoms with E-state index in [1.165, 1.54) is 17.7 Å². The van der Waals surface area contributed by atoms with Crippen LogP contribution in [0.25, 0.3) is 0 Å². The van der Waals surface area contributed by atoms with Crippen molar-refractivity contribution in [2.24, 2.45) is 4.99 Å². The number of carbonyl (C=O) groups is 1. The normalized spacial score (nSPS) is 19.1. The van der Waals surface area contributed by atoms with Gasteiger partial charge in [0.05, 0.1) is 5.92 Å². The van der Waals surface area contributed by atoms with Crippen molar-refractivity contribution < 1.29 is 9.18 Å². The first-order valence-electron chi connectivity index (χ1n) is 6.96. The monoisotopic (exact) mass is 281 g/mol. The fourth-order valence-electron chi connectivity index (χ4n) is 2.87. The molecule has 0 bridgehead atoms. The van der Waals surface area contributed by atoms with Crippen LogP contribution >= 0.6 is 0 Å². The van der Waals surface area contributed by atoms with Crippen molar-refractivity contribution in [1.29, 1.82) is 0 Å². The minimum absolute atomic E-state index is 0.0151. The number of aliphatic imine (C=N–C) groups is 1. The number of rotatable bonds is 2. The van der Waals surface area contributed by atoms with Gasteiger partial charge in [0.2, 0.25) is 0 Å². The molecule has 0 aromatic heterocycles. The molecule has 21 heavy (non-hydrogen) atoms. The standard InChI is InChI=1S/C18H16FNO/c1-11-3-5-12(6-4-11)9-16-14-8-7-13(19)10-15(14)17(20-2)18(16)21/h3-8,10,16H,9H2,1-2H3. The summed E-state index contributed by atoms with van der Waals surface area (Å²) in [5, 5.41) is 0. The number of nitrogens with zero attached hydrogens (tertiary/aromatic N) is 1. The molecule has 0 heterocycles. The van der Waals surface area contributed by atoms with Crippen LogP contribution in [0.2, 0.25) is 0 Å². The van der Waals surface area contributed by atoms with Crippen LogP contribution in [-0.4, -0.2) is 18.5 Å². The maximum atomic E-state index is 13.4. The molecular formula is C18H16FNO. The molecule has 2 nitrogen and oxygen atoms in total. The van der Waals surface area contributed by atoms with Crippen LogP contribution < -0.4 is 0 Å². The highest BCUT2D eigenvalue weighted by molar-refractivity contribution is 6.51. The first-order chi connectivity index (χ1) is 10.1. The molecule has 1 aliphatic carbocycles. The number of hydrogen-bond acceptors (Lipinski definition) is 2. The van der Waals surface area contributed by atoms with Gasteiger partial charge in [0.1, 0.15) is 11.5 Å². The maximum Gasteiger partial charge on any atom is 0.189 e. The molecule has 2 aromatic carbocycles. The van der Waals surface area contributed by atoms with Gasteiger partial charge in [-0.1, -0.05) is 35.9 Å². The lowest BCUT2D eigenvalue weighted by molar-refractivity contribution is -0.113. The summed E-state index contributed by atoms with van der Waals surface area (Å²) in [6.07, 6.45) is 0.622. The van der Waals surface area contributed by atoms with Gasteiger partial charge >= 0.3 is 0 Å². The molecule has 0 spiro atoms. The fraction of sp³-hybridized carbons (Fsp3) is 0.222. The Morgan fingerprint density at radius 1 is 1.14 bits per heavy atom. The van der Waals surface area contributed by atoms with Crippen molar-refractivity contribution >= 4 is 11.5 Å². The van der Waals surface area contributed by atoms with E-state index < -0.39 is 0 Å². The number of hydrogen-bond donors (Lipinski definition) is 0. The maximum absolute atomic E-state index is 13.4. The summed E-state index contributed by atoms with van der Waals surface area (Å²) in [6, 6.07) is 12.7. The number of aryl methyl sites for hydroxylation is 1. The van der Waals surface area contributed by atoms with Crippen molar-refractivity contribution in [3.8, 4) is 0 Å². The fourth-order valence-corrected chi connectivity index (χ4v) is 2.87. The Labute approximate surface area is 123 Å². The Hall–Kier alpha value is -2.29. The SMILES string of the molecule is CN=C1C(=O)C(Cc2ccc(C)cc2)c2ccc(F)cc21. The average molecular weight is 281 g/mol. The van der Waals surface area contributed by atoms with Crippen molar-refractivity contribution in [3.05, 3.63) is 70.5 Å². The summed E-state index contributed by atoms with van der Waals surface area (Å²) >= 11 is 0. The van der Waals surface area contributed by atoms with E-state index in [1.54, 1.807) is 13.1 Å². The Balaban J connectivity index is 2.00. The number of Topliss-reactive ketones (excluding diaryl/α,β-unsaturated/α-hetero) is 1. The first kappa shape index (κ1) is 13.7. The summed E-state index contributed by atoms with van der Waals surface area (Å²) in [5.74, 6) is -0.612. The van der Waals surface area contributed by atoms with Gasteiger partial charge in [-0.15, -0.1) is 0 Å². The topological polar surface area (TPSA) is 29.4 Å². The van der Waals surface area contributed by atoms with Crippen LogP contribution in [0.4, 0.5) is 4.39 Å². The van der Waals surface area contributed by atoms with Gasteiger partial charge in [-0.05, 0) is 36.6 Å². The van der Waals surface area contributed by atoms with Gasteiger partial charge in [0, 0.05) is 12.6 Å². The molecule has 0 aliphatic heterocycles. The number of halogens is 1. The van der Waals surface area contributed by atoms with Gasteiger partial charge in [0.15, 0.2) is 5.78 Å². The second kappa shape index (κ2) is 5.24. The van der Waals surface area contributed by atoms with Gasteiger partial charge in [-0.25, -0.2) is 4.39 Å². The third kappa shape index (κ3) is 2.40. The highest BCUT2D eigenvalue weighted by Gasteiger charge is 2.36. The van der Waals surface area contributed by atoms with E-state index in [0.717, 1.165) is 11.1 Å². The van der Waals surface area contributed by atoms with Crippen LogP contribution in [0.1, 0.15) is 28.2 Å². The molecule has 1 aliphatic rings. The van der Waals surface area contributed by atoms with E-state index in [4.69, 9.17) is 0 Å². The third-order valence-corrected chi connectivity index (χ3v) is 3.98. The molecule has 3 heteroatoms. The first-order valence-corrected chi connectivity index (χ1v) is 6.96. The van der Waals surface area contributed by atoms with E-state index in [1.807, 2.05) is 31.2 Å². The Morgan fingerprint density at radius 3 is 2.52 bits per heavy atom. The van der Waals surface area contributed by atoms with Crippen molar-refractivity contribution in [3.63, 3.8) is 0 Å². The molecule has 0 radical (unpaired) electrons. The predicted octanol–water partition coefficient (Wildman–Crippen LogP) is 3.46. The molecule has 0 fully saturated rings. The smallest absolute Gasteiger partial charge is 0.189 e.